The highest BCUT2D eigenvalue weighted by atomic mass is 16.6. The Labute approximate surface area is 170 Å². The van der Waals surface area contributed by atoms with Crippen LogP contribution in [0.2, 0.25) is 0 Å². The summed E-state index contributed by atoms with van der Waals surface area (Å²) in [6, 6.07) is 4.59. The lowest BCUT2D eigenvalue weighted by Gasteiger charge is -2.25. The van der Waals surface area contributed by atoms with E-state index in [1.54, 1.807) is 11.0 Å². The molecule has 9 heteroatoms. The maximum atomic E-state index is 13.3. The van der Waals surface area contributed by atoms with Crippen LogP contribution < -0.4 is 10.2 Å². The molecule has 2 amide bonds. The second-order valence-electron chi connectivity index (χ2n) is 7.53. The Morgan fingerprint density at radius 2 is 1.83 bits per heavy atom. The average Bonchev–Trinajstić information content (AvgIpc) is 3.14. The Bertz CT molecular complexity index is 763. The minimum Gasteiger partial charge on any atom is -0.371 e. The number of carbonyl (C=O) groups excluding carboxylic acids is 2. The fourth-order valence-electron chi connectivity index (χ4n) is 4.00. The summed E-state index contributed by atoms with van der Waals surface area (Å²) in [5, 5.41) is 14.1. The molecule has 2 fully saturated rings. The zero-order valence-corrected chi connectivity index (χ0v) is 16.9. The minimum atomic E-state index is -0.457. The van der Waals surface area contributed by atoms with Gasteiger partial charge >= 0.3 is 0 Å². The van der Waals surface area contributed by atoms with Crippen molar-refractivity contribution in [2.24, 2.45) is 0 Å². The van der Waals surface area contributed by atoms with Gasteiger partial charge in [-0.05, 0) is 32.3 Å². The van der Waals surface area contributed by atoms with Gasteiger partial charge in [0.15, 0.2) is 0 Å². The Kier molecular flexibility index (Phi) is 7.03. The number of nitro groups is 1. The molecule has 3 rings (SSSR count). The first-order valence-corrected chi connectivity index (χ1v) is 10.3. The van der Waals surface area contributed by atoms with Crippen LogP contribution in [0.25, 0.3) is 0 Å². The van der Waals surface area contributed by atoms with Crippen molar-refractivity contribution in [3.05, 3.63) is 33.9 Å². The normalized spacial score (nSPS) is 17.8. The topological polar surface area (TPSA) is 99.0 Å². The number of rotatable bonds is 6. The van der Waals surface area contributed by atoms with Crippen molar-refractivity contribution in [1.82, 2.24) is 15.1 Å². The first-order valence-electron chi connectivity index (χ1n) is 10.3. The largest absolute Gasteiger partial charge is 0.371 e. The Balaban J connectivity index is 1.75. The maximum absolute atomic E-state index is 13.3. The summed E-state index contributed by atoms with van der Waals surface area (Å²) in [5.41, 5.74) is 1.11. The van der Waals surface area contributed by atoms with E-state index in [2.05, 4.69) is 10.2 Å². The molecule has 2 aliphatic rings. The van der Waals surface area contributed by atoms with E-state index in [-0.39, 0.29) is 17.5 Å². The third-order valence-electron chi connectivity index (χ3n) is 5.49. The number of nitro benzene ring substituents is 1. The summed E-state index contributed by atoms with van der Waals surface area (Å²) in [4.78, 5) is 41.9. The number of non-ortho nitro benzene ring substituents is 1. The van der Waals surface area contributed by atoms with E-state index in [4.69, 9.17) is 0 Å². The van der Waals surface area contributed by atoms with E-state index in [0.29, 0.717) is 38.3 Å². The van der Waals surface area contributed by atoms with Crippen molar-refractivity contribution in [2.45, 2.75) is 26.2 Å². The number of carbonyl (C=O) groups is 2. The Morgan fingerprint density at radius 3 is 2.52 bits per heavy atom. The van der Waals surface area contributed by atoms with Crippen molar-refractivity contribution in [1.29, 1.82) is 0 Å². The highest BCUT2D eigenvalue weighted by Crippen LogP contribution is 2.29. The van der Waals surface area contributed by atoms with Crippen molar-refractivity contribution in [3.63, 3.8) is 0 Å². The van der Waals surface area contributed by atoms with Crippen LogP contribution in [0.4, 0.5) is 11.4 Å². The molecule has 1 N–H and O–H groups in total. The summed E-state index contributed by atoms with van der Waals surface area (Å²) in [5.74, 6) is -0.183. The third kappa shape index (κ3) is 5.23. The number of hydrogen-bond acceptors (Lipinski definition) is 6. The number of nitrogens with zero attached hydrogens (tertiary/aromatic N) is 4. The van der Waals surface area contributed by atoms with E-state index in [9.17, 15) is 19.7 Å². The lowest BCUT2D eigenvalue weighted by atomic mass is 10.1. The van der Waals surface area contributed by atoms with Crippen LogP contribution in [0, 0.1) is 10.1 Å². The first-order chi connectivity index (χ1) is 14.0. The predicted molar refractivity (Wildman–Crippen MR) is 110 cm³/mol. The van der Waals surface area contributed by atoms with Crippen molar-refractivity contribution >= 4 is 23.2 Å². The molecule has 0 atom stereocenters. The molecule has 1 aromatic carbocycles. The molecule has 0 bridgehead atoms. The molecular formula is C20H29N5O4. The Hall–Kier alpha value is -2.68. The predicted octanol–water partition coefficient (Wildman–Crippen LogP) is 1.48. The molecule has 0 radical (unpaired) electrons. The van der Waals surface area contributed by atoms with Crippen molar-refractivity contribution < 1.29 is 14.5 Å². The minimum absolute atomic E-state index is 0.0118. The molecule has 0 saturated carbocycles. The van der Waals surface area contributed by atoms with E-state index < -0.39 is 4.92 Å². The number of likely N-dealkylation sites (N-methyl/N-ethyl adjacent to an activating group) is 1. The smallest absolute Gasteiger partial charge is 0.270 e. The molecule has 158 valence electrons. The molecule has 29 heavy (non-hydrogen) atoms. The maximum Gasteiger partial charge on any atom is 0.270 e. The molecule has 0 spiro atoms. The molecule has 2 heterocycles. The first kappa shape index (κ1) is 21.0. The number of benzene rings is 1. The molecule has 1 aromatic rings. The van der Waals surface area contributed by atoms with Gasteiger partial charge in [-0.15, -0.1) is 0 Å². The molecular weight excluding hydrogens is 374 g/mol. The van der Waals surface area contributed by atoms with Gasteiger partial charge in [-0.3, -0.25) is 24.6 Å². The Morgan fingerprint density at radius 1 is 1.07 bits per heavy atom. The van der Waals surface area contributed by atoms with Gasteiger partial charge in [0, 0.05) is 57.9 Å². The van der Waals surface area contributed by atoms with Crippen molar-refractivity contribution in [2.75, 3.05) is 57.3 Å². The van der Waals surface area contributed by atoms with E-state index >= 15 is 0 Å². The third-order valence-corrected chi connectivity index (χ3v) is 5.49. The molecule has 0 aliphatic carbocycles. The van der Waals surface area contributed by atoms with Crippen LogP contribution >= 0.6 is 0 Å². The number of anilines is 1. The van der Waals surface area contributed by atoms with Crippen molar-refractivity contribution in [3.8, 4) is 0 Å². The van der Waals surface area contributed by atoms with Gasteiger partial charge in [-0.25, -0.2) is 0 Å². The van der Waals surface area contributed by atoms with Gasteiger partial charge in [0.1, 0.15) is 0 Å². The quantitative estimate of drug-likeness (QED) is 0.571. The summed E-state index contributed by atoms with van der Waals surface area (Å²) in [7, 11) is 0. The zero-order valence-electron chi connectivity index (χ0n) is 16.9. The van der Waals surface area contributed by atoms with Gasteiger partial charge in [0.05, 0.1) is 22.7 Å². The van der Waals surface area contributed by atoms with Gasteiger partial charge in [0.25, 0.3) is 11.6 Å². The van der Waals surface area contributed by atoms with Gasteiger partial charge in [-0.2, -0.15) is 0 Å². The lowest BCUT2D eigenvalue weighted by molar-refractivity contribution is -0.384. The summed E-state index contributed by atoms with van der Waals surface area (Å²) in [6.45, 7) is 6.96. The zero-order chi connectivity index (χ0) is 20.8. The summed E-state index contributed by atoms with van der Waals surface area (Å²) >= 11 is 0. The number of hydrogen-bond donors (Lipinski definition) is 1. The van der Waals surface area contributed by atoms with Gasteiger partial charge in [0.2, 0.25) is 5.91 Å². The van der Waals surface area contributed by atoms with E-state index in [1.807, 2.05) is 11.8 Å². The highest BCUT2D eigenvalue weighted by Gasteiger charge is 2.27. The highest BCUT2D eigenvalue weighted by molar-refractivity contribution is 6.00. The van der Waals surface area contributed by atoms with Gasteiger partial charge < -0.3 is 15.1 Å². The fourth-order valence-corrected chi connectivity index (χ4v) is 4.00. The van der Waals surface area contributed by atoms with Crippen LogP contribution in [0.5, 0.6) is 0 Å². The molecule has 2 saturated heterocycles. The monoisotopic (exact) mass is 403 g/mol. The van der Waals surface area contributed by atoms with Crippen LogP contribution in [-0.4, -0.2) is 78.9 Å². The van der Waals surface area contributed by atoms with Crippen LogP contribution in [0.15, 0.2) is 18.2 Å². The van der Waals surface area contributed by atoms with Gasteiger partial charge in [-0.1, -0.05) is 0 Å². The summed E-state index contributed by atoms with van der Waals surface area (Å²) in [6.07, 6.45) is 2.88. The SMILES string of the molecule is CCNC(=O)CN1CCCN(C(=O)c2cc([N+](=O)[O-])ccc2N2CCCC2)CC1. The molecule has 2 aliphatic heterocycles. The molecule has 0 unspecified atom stereocenters. The van der Waals surface area contributed by atoms with E-state index in [0.717, 1.165) is 44.6 Å². The lowest BCUT2D eigenvalue weighted by Crippen LogP contribution is -2.40. The van der Waals surface area contributed by atoms with E-state index in [1.165, 1.54) is 12.1 Å². The molecule has 9 nitrogen and oxygen atoms in total. The standard InChI is InChI=1S/C20H29N5O4/c1-2-21-19(26)15-22-8-5-11-24(13-12-22)20(27)17-14-16(25(28)29)6-7-18(17)23-9-3-4-10-23/h6-7,14H,2-5,8-13,15H2,1H3,(H,21,26). The second kappa shape index (κ2) is 9.69. The van der Waals surface area contributed by atoms with Crippen LogP contribution in [0.3, 0.4) is 0 Å². The number of nitrogens with one attached hydrogen (secondary N) is 1. The number of amides is 2. The summed E-state index contributed by atoms with van der Waals surface area (Å²) < 4.78 is 0. The van der Waals surface area contributed by atoms with Crippen LogP contribution in [0.1, 0.15) is 36.5 Å². The average molecular weight is 403 g/mol. The fraction of sp³-hybridized carbons (Fsp3) is 0.600. The van der Waals surface area contributed by atoms with Crippen LogP contribution in [-0.2, 0) is 4.79 Å². The molecule has 0 aromatic heterocycles. The second-order valence-corrected chi connectivity index (χ2v) is 7.53.